The summed E-state index contributed by atoms with van der Waals surface area (Å²) in [5.74, 6) is 0.0880. The lowest BCUT2D eigenvalue weighted by molar-refractivity contribution is -0.114. The van der Waals surface area contributed by atoms with Crippen molar-refractivity contribution in [3.63, 3.8) is 0 Å². The van der Waals surface area contributed by atoms with Gasteiger partial charge in [-0.15, -0.1) is 0 Å². The van der Waals surface area contributed by atoms with Gasteiger partial charge in [0.05, 0.1) is 0 Å². The normalized spacial score (nSPS) is 18.5. The summed E-state index contributed by atoms with van der Waals surface area (Å²) in [5, 5.41) is 0. The highest BCUT2D eigenvalue weighted by molar-refractivity contribution is 5.92. The summed E-state index contributed by atoms with van der Waals surface area (Å²) < 4.78 is 0. The van der Waals surface area contributed by atoms with Crippen molar-refractivity contribution in [3.05, 3.63) is 23.9 Å². The molecule has 0 aliphatic heterocycles. The van der Waals surface area contributed by atoms with Crippen LogP contribution in [0.3, 0.4) is 0 Å². The Balaban J connectivity index is 2.73. The van der Waals surface area contributed by atoms with Crippen LogP contribution in [-0.2, 0) is 4.79 Å². The smallest absolute Gasteiger partial charge is 0.161 e. The van der Waals surface area contributed by atoms with Gasteiger partial charge >= 0.3 is 0 Å². The molecule has 2 heteroatoms. The van der Waals surface area contributed by atoms with Crippen molar-refractivity contribution in [2.45, 2.75) is 6.42 Å². The van der Waals surface area contributed by atoms with Crippen LogP contribution in [0.2, 0.25) is 0 Å². The van der Waals surface area contributed by atoms with Crippen molar-refractivity contribution in [3.8, 4) is 0 Å². The summed E-state index contributed by atoms with van der Waals surface area (Å²) >= 11 is 0. The van der Waals surface area contributed by atoms with Gasteiger partial charge in [-0.05, 0) is 12.2 Å². The molecule has 0 unspecified atom stereocenters. The van der Waals surface area contributed by atoms with Gasteiger partial charge in [-0.25, -0.2) is 0 Å². The Kier molecular flexibility index (Phi) is 1.16. The second kappa shape index (κ2) is 1.82. The number of nitrogens with two attached hydrogens (primary N) is 1. The van der Waals surface area contributed by atoms with Crippen molar-refractivity contribution in [2.75, 3.05) is 0 Å². The van der Waals surface area contributed by atoms with Gasteiger partial charge in [0.15, 0.2) is 5.78 Å². The molecule has 0 saturated carbocycles. The zero-order chi connectivity index (χ0) is 5.98. The van der Waals surface area contributed by atoms with Gasteiger partial charge in [-0.2, -0.15) is 0 Å². The Morgan fingerprint density at radius 3 is 2.75 bits per heavy atom. The van der Waals surface area contributed by atoms with E-state index in [2.05, 4.69) is 0 Å². The predicted octanol–water partition coefficient (Wildman–Crippen LogP) is 0.358. The van der Waals surface area contributed by atoms with Gasteiger partial charge in [0.1, 0.15) is 0 Å². The highest BCUT2D eigenvalue weighted by Crippen LogP contribution is 2.00. The lowest BCUT2D eigenvalue weighted by Gasteiger charge is -1.98. The van der Waals surface area contributed by atoms with Gasteiger partial charge in [-0.3, -0.25) is 4.79 Å². The minimum Gasteiger partial charge on any atom is -0.402 e. The van der Waals surface area contributed by atoms with E-state index in [-0.39, 0.29) is 5.78 Å². The fourth-order valence-corrected chi connectivity index (χ4v) is 0.598. The summed E-state index contributed by atoms with van der Waals surface area (Å²) in [6, 6.07) is 0. The van der Waals surface area contributed by atoms with Crippen LogP contribution >= 0.6 is 0 Å². The summed E-state index contributed by atoms with van der Waals surface area (Å²) in [7, 11) is 0. The van der Waals surface area contributed by atoms with Crippen LogP contribution in [0, 0.1) is 0 Å². The van der Waals surface area contributed by atoms with E-state index in [0.29, 0.717) is 12.1 Å². The van der Waals surface area contributed by atoms with Crippen LogP contribution in [-0.4, -0.2) is 5.78 Å². The number of hydrogen-bond donors (Lipinski definition) is 1. The zero-order valence-corrected chi connectivity index (χ0v) is 4.42. The first-order chi connectivity index (χ1) is 3.79. The molecule has 0 aromatic heterocycles. The lowest BCUT2D eigenvalue weighted by atomic mass is 10.1. The summed E-state index contributed by atoms with van der Waals surface area (Å²) in [6.07, 6.45) is 5.31. The van der Waals surface area contributed by atoms with Crippen LogP contribution in [0.4, 0.5) is 0 Å². The number of hydrogen-bond acceptors (Lipinski definition) is 2. The molecule has 0 bridgehead atoms. The monoisotopic (exact) mass is 109 g/mol. The maximum absolute atomic E-state index is 10.5. The second-order valence-corrected chi connectivity index (χ2v) is 1.74. The topological polar surface area (TPSA) is 43.1 Å². The zero-order valence-electron chi connectivity index (χ0n) is 4.42. The van der Waals surface area contributed by atoms with Crippen LogP contribution < -0.4 is 5.73 Å². The van der Waals surface area contributed by atoms with E-state index in [9.17, 15) is 4.79 Å². The molecule has 2 nitrogen and oxygen atoms in total. The van der Waals surface area contributed by atoms with Crippen LogP contribution in [0.15, 0.2) is 23.9 Å². The molecule has 0 fully saturated rings. The fraction of sp³-hybridized carbons (Fsp3) is 0.167. The maximum atomic E-state index is 10.5. The van der Waals surface area contributed by atoms with Gasteiger partial charge in [-0.1, -0.05) is 6.08 Å². The SMILES string of the molecule is NC1=CC=CC(=O)C1. The maximum Gasteiger partial charge on any atom is 0.161 e. The Labute approximate surface area is 47.7 Å². The Hall–Kier alpha value is -1.05. The van der Waals surface area contributed by atoms with Crippen molar-refractivity contribution in [2.24, 2.45) is 5.73 Å². The molecule has 0 atom stereocenters. The van der Waals surface area contributed by atoms with E-state index in [1.807, 2.05) is 0 Å². The standard InChI is InChI=1S/C6H7NO/c7-5-2-1-3-6(8)4-5/h1-3H,4,7H2. The highest BCUT2D eigenvalue weighted by atomic mass is 16.1. The molecule has 0 aromatic carbocycles. The van der Waals surface area contributed by atoms with Crippen LogP contribution in [0.5, 0.6) is 0 Å². The Bertz CT molecular complexity index is 167. The van der Waals surface area contributed by atoms with E-state index >= 15 is 0 Å². The van der Waals surface area contributed by atoms with Crippen molar-refractivity contribution >= 4 is 5.78 Å². The van der Waals surface area contributed by atoms with Gasteiger partial charge in [0, 0.05) is 12.1 Å². The molecule has 1 rings (SSSR count). The fourth-order valence-electron chi connectivity index (χ4n) is 0.598. The molecule has 0 radical (unpaired) electrons. The number of ketones is 1. The third-order valence-electron chi connectivity index (χ3n) is 0.971. The molecule has 1 aliphatic carbocycles. The van der Waals surface area contributed by atoms with Crippen molar-refractivity contribution < 1.29 is 4.79 Å². The number of rotatable bonds is 0. The first-order valence-electron chi connectivity index (χ1n) is 2.44. The molecular formula is C6H7NO. The largest absolute Gasteiger partial charge is 0.402 e. The van der Waals surface area contributed by atoms with E-state index in [1.54, 1.807) is 12.2 Å². The highest BCUT2D eigenvalue weighted by Gasteiger charge is 2.00. The van der Waals surface area contributed by atoms with Gasteiger partial charge < -0.3 is 5.73 Å². The Morgan fingerprint density at radius 1 is 1.62 bits per heavy atom. The summed E-state index contributed by atoms with van der Waals surface area (Å²) in [5.41, 5.74) is 5.96. The third-order valence-corrected chi connectivity index (χ3v) is 0.971. The molecule has 0 aromatic rings. The molecule has 8 heavy (non-hydrogen) atoms. The van der Waals surface area contributed by atoms with Crippen LogP contribution in [0.1, 0.15) is 6.42 Å². The average Bonchev–Trinajstić information content (AvgIpc) is 1.64. The summed E-state index contributed by atoms with van der Waals surface area (Å²) in [6.45, 7) is 0. The van der Waals surface area contributed by atoms with Crippen LogP contribution in [0.25, 0.3) is 0 Å². The molecule has 0 amide bonds. The lowest BCUT2D eigenvalue weighted by Crippen LogP contribution is -2.06. The number of carbonyl (C=O) groups excluding carboxylic acids is 1. The van der Waals surface area contributed by atoms with Gasteiger partial charge in [0.25, 0.3) is 0 Å². The van der Waals surface area contributed by atoms with E-state index in [0.717, 1.165) is 0 Å². The van der Waals surface area contributed by atoms with Crippen molar-refractivity contribution in [1.29, 1.82) is 0 Å². The van der Waals surface area contributed by atoms with E-state index < -0.39 is 0 Å². The molecule has 0 heterocycles. The van der Waals surface area contributed by atoms with E-state index in [1.165, 1.54) is 6.08 Å². The minimum atomic E-state index is 0.0880. The number of allylic oxidation sites excluding steroid dienone is 4. The van der Waals surface area contributed by atoms with Gasteiger partial charge in [0.2, 0.25) is 0 Å². The predicted molar refractivity (Wildman–Crippen MR) is 31.0 cm³/mol. The molecule has 42 valence electrons. The van der Waals surface area contributed by atoms with Crippen molar-refractivity contribution in [1.82, 2.24) is 0 Å². The molecule has 2 N–H and O–H groups in total. The quantitative estimate of drug-likeness (QED) is 0.488. The second-order valence-electron chi connectivity index (χ2n) is 1.74. The van der Waals surface area contributed by atoms with E-state index in [4.69, 9.17) is 5.73 Å². The molecule has 0 saturated heterocycles. The Morgan fingerprint density at radius 2 is 2.38 bits per heavy atom. The molecule has 1 aliphatic rings. The molecule has 0 spiro atoms. The average molecular weight is 109 g/mol. The summed E-state index contributed by atoms with van der Waals surface area (Å²) in [4.78, 5) is 10.5. The first-order valence-corrected chi connectivity index (χ1v) is 2.44. The minimum absolute atomic E-state index is 0.0880. The third kappa shape index (κ3) is 0.964. The molecular weight excluding hydrogens is 102 g/mol. The number of carbonyl (C=O) groups is 1. The first kappa shape index (κ1) is 5.09.